The second-order valence-electron chi connectivity index (χ2n) is 28.5. The molecular weight excluding hydrogens is 1140 g/mol. The van der Waals surface area contributed by atoms with Gasteiger partial charge >= 0.3 is 5.97 Å². The quantitative estimate of drug-likeness (QED) is 0.0454. The van der Waals surface area contributed by atoms with Gasteiger partial charge in [0.1, 0.15) is 110 Å². The van der Waals surface area contributed by atoms with Crippen LogP contribution in [0.4, 0.5) is 0 Å². The van der Waals surface area contributed by atoms with Crippen molar-refractivity contribution < 1.29 is 134 Å². The van der Waals surface area contributed by atoms with E-state index < -0.39 is 196 Å². The first-order valence-electron chi connectivity index (χ1n) is 30.8. The van der Waals surface area contributed by atoms with Gasteiger partial charge in [-0.3, -0.25) is 4.79 Å². The molecule has 0 aromatic carbocycles. The van der Waals surface area contributed by atoms with E-state index in [1.165, 1.54) is 12.5 Å². The van der Waals surface area contributed by atoms with E-state index in [2.05, 4.69) is 40.7 Å². The third-order valence-corrected chi connectivity index (χ3v) is 23.2. The number of allylic oxidation sites excluding steroid dienone is 2. The van der Waals surface area contributed by atoms with Crippen LogP contribution in [0.1, 0.15) is 113 Å². The average Bonchev–Trinajstić information content (AvgIpc) is 0.689. The van der Waals surface area contributed by atoms with Crippen molar-refractivity contribution >= 4 is 5.97 Å². The zero-order valence-corrected chi connectivity index (χ0v) is 50.0. The van der Waals surface area contributed by atoms with Crippen LogP contribution >= 0.6 is 0 Å². The van der Waals surface area contributed by atoms with E-state index >= 15 is 4.79 Å². The number of esters is 1. The Hall–Kier alpha value is -1.79. The number of rotatable bonds is 14. The third kappa shape index (κ3) is 11.2. The van der Waals surface area contributed by atoms with E-state index in [1.54, 1.807) is 0 Å². The predicted molar refractivity (Wildman–Crippen MR) is 289 cm³/mol. The number of hydrogen-bond acceptors (Lipinski definition) is 27. The molecule has 0 amide bonds. The van der Waals surface area contributed by atoms with Gasteiger partial charge < -0.3 is 129 Å². The van der Waals surface area contributed by atoms with Crippen molar-refractivity contribution in [2.24, 2.45) is 50.2 Å². The molecule has 494 valence electrons. The number of aliphatic hydroxyl groups is 16. The fourth-order valence-corrected chi connectivity index (χ4v) is 17.6. The molecule has 9 fully saturated rings. The molecule has 33 atom stereocenters. The van der Waals surface area contributed by atoms with Gasteiger partial charge in [0.05, 0.1) is 50.7 Å². The standard InChI is InChI=1S/C59H96O27/c1-24-34(64)46(84-49-43(73)40(70)37(67)29(20-61)81-49)45(75)51(79-24)85-47-35(65)27(63)21-77-52(47)83-33-11-12-55(4)31(56(33,5)23-62)10-13-58(7)32(55)9-8-25-26-18-54(2,3)14-16-59(26,17-15-57(25,58)6)53(76)86-50-44(74)41(71)38(68)30(82-50)22-78-48-42(72)39(69)36(66)28(19-60)80-48/h8,24,26-52,60-75H,9-23H2,1-7H3. The van der Waals surface area contributed by atoms with Gasteiger partial charge in [-0.2, -0.15) is 0 Å². The Morgan fingerprint density at radius 3 is 1.77 bits per heavy atom. The number of ether oxygens (including phenoxy) is 10. The number of carbonyl (C=O) groups excluding carboxylic acids is 1. The summed E-state index contributed by atoms with van der Waals surface area (Å²) in [5, 5.41) is 172. The fraction of sp³-hybridized carbons (Fsp3) is 0.949. The highest BCUT2D eigenvalue weighted by molar-refractivity contribution is 5.79. The Morgan fingerprint density at radius 2 is 1.13 bits per heavy atom. The molecule has 5 saturated heterocycles. The molecule has 5 aliphatic heterocycles. The summed E-state index contributed by atoms with van der Waals surface area (Å²) in [6, 6.07) is 0. The lowest BCUT2D eigenvalue weighted by Gasteiger charge is -2.71. The molecule has 10 rings (SSSR count). The maximum Gasteiger partial charge on any atom is 0.315 e. The lowest BCUT2D eigenvalue weighted by atomic mass is 9.33. The fourth-order valence-electron chi connectivity index (χ4n) is 17.6. The molecule has 5 aliphatic carbocycles. The van der Waals surface area contributed by atoms with E-state index in [0.717, 1.165) is 6.42 Å². The van der Waals surface area contributed by atoms with Crippen molar-refractivity contribution in [3.63, 3.8) is 0 Å². The maximum absolute atomic E-state index is 15.1. The van der Waals surface area contributed by atoms with Crippen LogP contribution in [0.3, 0.4) is 0 Å². The van der Waals surface area contributed by atoms with Gasteiger partial charge in [0.2, 0.25) is 6.29 Å². The zero-order chi connectivity index (χ0) is 62.7. The molecule has 0 spiro atoms. The maximum atomic E-state index is 15.1. The van der Waals surface area contributed by atoms with Crippen LogP contribution in [0.25, 0.3) is 0 Å². The summed E-state index contributed by atoms with van der Waals surface area (Å²) in [5.74, 6) is -0.929. The lowest BCUT2D eigenvalue weighted by Crippen LogP contribution is -2.67. The van der Waals surface area contributed by atoms with Crippen LogP contribution in [0, 0.1) is 50.2 Å². The SMILES string of the molecule is CC1OC(OC2C(OC3CCC4(C)C(CCC5(C)C4CC=C4C6CC(C)(C)CCC6(C(=O)OC6OC(COC7OC(CO)C(O)C(O)C7O)C(O)C(O)C6O)CCC45C)C3(C)CO)OCC(O)C2O)C(O)C(OC2OC(CO)C(O)C(O)C2O)C1O. The smallest absolute Gasteiger partial charge is 0.315 e. The van der Waals surface area contributed by atoms with Crippen molar-refractivity contribution in [3.05, 3.63) is 11.6 Å². The summed E-state index contributed by atoms with van der Waals surface area (Å²) < 4.78 is 59.5. The third-order valence-electron chi connectivity index (χ3n) is 23.2. The minimum Gasteiger partial charge on any atom is -0.432 e. The van der Waals surface area contributed by atoms with Crippen LogP contribution in [-0.2, 0) is 52.2 Å². The Balaban J connectivity index is 0.849. The summed E-state index contributed by atoms with van der Waals surface area (Å²) in [6.07, 6.45) is -31.4. The highest BCUT2D eigenvalue weighted by Crippen LogP contribution is 2.76. The van der Waals surface area contributed by atoms with Crippen molar-refractivity contribution in [3.8, 4) is 0 Å². The second-order valence-corrected chi connectivity index (χ2v) is 28.5. The van der Waals surface area contributed by atoms with Crippen LogP contribution in [0.15, 0.2) is 11.6 Å². The largest absolute Gasteiger partial charge is 0.432 e. The second kappa shape index (κ2) is 24.9. The number of carbonyl (C=O) groups is 1. The molecule has 16 N–H and O–H groups in total. The van der Waals surface area contributed by atoms with Crippen LogP contribution in [0.5, 0.6) is 0 Å². The minimum atomic E-state index is -1.87. The van der Waals surface area contributed by atoms with Gasteiger partial charge in [-0.1, -0.05) is 53.2 Å². The molecule has 33 unspecified atom stereocenters. The topological polar surface area (TPSA) is 433 Å². The molecule has 0 aromatic rings. The molecule has 0 radical (unpaired) electrons. The number of aliphatic hydroxyl groups excluding tert-OH is 16. The van der Waals surface area contributed by atoms with Gasteiger partial charge in [0.15, 0.2) is 25.2 Å². The van der Waals surface area contributed by atoms with E-state index in [4.69, 9.17) is 47.4 Å². The van der Waals surface area contributed by atoms with E-state index in [1.807, 2.05) is 6.92 Å². The molecule has 4 saturated carbocycles. The highest BCUT2D eigenvalue weighted by Gasteiger charge is 2.71. The van der Waals surface area contributed by atoms with Crippen LogP contribution < -0.4 is 0 Å². The van der Waals surface area contributed by atoms with E-state index in [9.17, 15) is 81.7 Å². The summed E-state index contributed by atoms with van der Waals surface area (Å²) >= 11 is 0. The molecule has 27 nitrogen and oxygen atoms in total. The Morgan fingerprint density at radius 1 is 0.558 bits per heavy atom. The normalized spacial score (nSPS) is 54.8. The summed E-state index contributed by atoms with van der Waals surface area (Å²) in [4.78, 5) is 15.1. The van der Waals surface area contributed by atoms with Crippen molar-refractivity contribution in [1.82, 2.24) is 0 Å². The Bertz CT molecular complexity index is 2380. The molecular formula is C59H96O27. The molecule has 27 heteroatoms. The first-order valence-corrected chi connectivity index (χ1v) is 30.8. The van der Waals surface area contributed by atoms with Gasteiger partial charge in [0, 0.05) is 5.41 Å². The zero-order valence-electron chi connectivity index (χ0n) is 50.0. The highest BCUT2D eigenvalue weighted by atomic mass is 16.8. The van der Waals surface area contributed by atoms with E-state index in [0.29, 0.717) is 57.8 Å². The van der Waals surface area contributed by atoms with Gasteiger partial charge in [0.25, 0.3) is 0 Å². The number of hydrogen-bond donors (Lipinski definition) is 16. The number of fused-ring (bicyclic) bond motifs is 7. The average molecular weight is 1240 g/mol. The molecule has 10 aliphatic rings. The summed E-state index contributed by atoms with van der Waals surface area (Å²) in [6.45, 7) is 12.1. The lowest BCUT2D eigenvalue weighted by molar-refractivity contribution is -0.383. The van der Waals surface area contributed by atoms with Crippen molar-refractivity contribution in [2.45, 2.75) is 266 Å². The summed E-state index contributed by atoms with van der Waals surface area (Å²) in [7, 11) is 0. The molecule has 0 bridgehead atoms. The van der Waals surface area contributed by atoms with Crippen LogP contribution in [-0.4, -0.2) is 274 Å². The monoisotopic (exact) mass is 1240 g/mol. The van der Waals surface area contributed by atoms with Crippen molar-refractivity contribution in [1.29, 1.82) is 0 Å². The van der Waals surface area contributed by atoms with Gasteiger partial charge in [-0.15, -0.1) is 0 Å². The van der Waals surface area contributed by atoms with E-state index in [-0.39, 0.29) is 47.2 Å². The summed E-state index contributed by atoms with van der Waals surface area (Å²) in [5.41, 5.74) is -2.07. The Kier molecular flexibility index (Phi) is 19.4. The first-order chi connectivity index (χ1) is 40.4. The Labute approximate surface area is 499 Å². The minimum absolute atomic E-state index is 0.0885. The van der Waals surface area contributed by atoms with Crippen LogP contribution in [0.2, 0.25) is 0 Å². The molecule has 86 heavy (non-hydrogen) atoms. The first kappa shape index (κ1) is 67.1. The molecule has 5 heterocycles. The predicted octanol–water partition coefficient (Wildman–Crippen LogP) is -3.57. The van der Waals surface area contributed by atoms with Gasteiger partial charge in [-0.25, -0.2) is 0 Å². The van der Waals surface area contributed by atoms with Gasteiger partial charge in [-0.05, 0) is 111 Å². The van der Waals surface area contributed by atoms with Crippen molar-refractivity contribution in [2.75, 3.05) is 33.0 Å². The molecule has 0 aromatic heterocycles.